The predicted molar refractivity (Wildman–Crippen MR) is 43.3 cm³/mol. The van der Waals surface area contributed by atoms with Crippen LogP contribution in [0.15, 0.2) is 18.6 Å². The van der Waals surface area contributed by atoms with Gasteiger partial charge in [-0.1, -0.05) is 0 Å². The average molecular weight is 163 g/mol. The predicted octanol–water partition coefficient (Wildman–Crippen LogP) is 0.688. The zero-order valence-electron chi connectivity index (χ0n) is 6.73. The topological polar surface area (TPSA) is 59.4 Å². The summed E-state index contributed by atoms with van der Waals surface area (Å²) in [5, 5.41) is 14.5. The lowest BCUT2D eigenvalue weighted by Crippen LogP contribution is -1.95. The standard InChI is InChI=1S/C7H9N5/c1-2-12-5-9-11-7(12)6-3-4-8-10-6/h3-5H,2H2,1H3,(H,8,10). The Morgan fingerprint density at radius 3 is 3.17 bits per heavy atom. The number of hydrogen-bond donors (Lipinski definition) is 1. The van der Waals surface area contributed by atoms with E-state index in [1.54, 1.807) is 12.5 Å². The molecular formula is C7H9N5. The van der Waals surface area contributed by atoms with E-state index in [1.165, 1.54) is 0 Å². The lowest BCUT2D eigenvalue weighted by Gasteiger charge is -1.98. The van der Waals surface area contributed by atoms with E-state index >= 15 is 0 Å². The maximum Gasteiger partial charge on any atom is 0.181 e. The molecule has 12 heavy (non-hydrogen) atoms. The molecule has 0 radical (unpaired) electrons. The lowest BCUT2D eigenvalue weighted by atomic mass is 10.4. The van der Waals surface area contributed by atoms with Crippen LogP contribution in [0.25, 0.3) is 11.5 Å². The minimum atomic E-state index is 0.829. The van der Waals surface area contributed by atoms with Crippen LogP contribution in [0.3, 0.4) is 0 Å². The van der Waals surface area contributed by atoms with Crippen LogP contribution in [0.4, 0.5) is 0 Å². The van der Waals surface area contributed by atoms with E-state index in [4.69, 9.17) is 0 Å². The Morgan fingerprint density at radius 2 is 2.50 bits per heavy atom. The third-order valence-electron chi connectivity index (χ3n) is 1.70. The number of hydrogen-bond acceptors (Lipinski definition) is 3. The molecule has 0 aliphatic heterocycles. The Morgan fingerprint density at radius 1 is 1.58 bits per heavy atom. The number of rotatable bonds is 2. The van der Waals surface area contributed by atoms with Gasteiger partial charge in [-0.3, -0.25) is 5.10 Å². The first-order chi connectivity index (χ1) is 5.92. The smallest absolute Gasteiger partial charge is 0.181 e. The van der Waals surface area contributed by atoms with Gasteiger partial charge < -0.3 is 4.57 Å². The van der Waals surface area contributed by atoms with Gasteiger partial charge in [0.2, 0.25) is 0 Å². The molecule has 0 saturated heterocycles. The first kappa shape index (κ1) is 7.02. The van der Waals surface area contributed by atoms with E-state index < -0.39 is 0 Å². The van der Waals surface area contributed by atoms with Gasteiger partial charge in [0, 0.05) is 12.7 Å². The maximum atomic E-state index is 3.97. The van der Waals surface area contributed by atoms with Crippen molar-refractivity contribution in [3.63, 3.8) is 0 Å². The molecule has 0 saturated carbocycles. The minimum Gasteiger partial charge on any atom is -0.313 e. The van der Waals surface area contributed by atoms with Crippen LogP contribution in [0, 0.1) is 0 Å². The molecule has 0 aliphatic carbocycles. The molecule has 1 N–H and O–H groups in total. The van der Waals surface area contributed by atoms with Crippen molar-refractivity contribution in [3.8, 4) is 11.5 Å². The fraction of sp³-hybridized carbons (Fsp3) is 0.286. The lowest BCUT2D eigenvalue weighted by molar-refractivity contribution is 0.764. The third kappa shape index (κ3) is 0.990. The molecule has 5 heteroatoms. The normalized spacial score (nSPS) is 10.4. The second-order valence-corrected chi connectivity index (χ2v) is 2.41. The van der Waals surface area contributed by atoms with Crippen molar-refractivity contribution in [1.29, 1.82) is 0 Å². The van der Waals surface area contributed by atoms with Gasteiger partial charge in [0.25, 0.3) is 0 Å². The first-order valence-electron chi connectivity index (χ1n) is 3.79. The van der Waals surface area contributed by atoms with Crippen LogP contribution in [-0.2, 0) is 6.54 Å². The van der Waals surface area contributed by atoms with Gasteiger partial charge in [0.05, 0.1) is 0 Å². The molecule has 0 aromatic carbocycles. The van der Waals surface area contributed by atoms with E-state index in [1.807, 2.05) is 17.6 Å². The highest BCUT2D eigenvalue weighted by Crippen LogP contribution is 2.11. The van der Waals surface area contributed by atoms with Crippen molar-refractivity contribution >= 4 is 0 Å². The molecule has 2 aromatic heterocycles. The fourth-order valence-corrected chi connectivity index (χ4v) is 1.08. The number of aromatic amines is 1. The van der Waals surface area contributed by atoms with Gasteiger partial charge in [0.1, 0.15) is 12.0 Å². The van der Waals surface area contributed by atoms with Crippen molar-refractivity contribution in [2.24, 2.45) is 0 Å². The number of aryl methyl sites for hydroxylation is 1. The maximum absolute atomic E-state index is 3.97. The van der Waals surface area contributed by atoms with Gasteiger partial charge in [0.15, 0.2) is 5.82 Å². The monoisotopic (exact) mass is 163 g/mol. The molecule has 2 rings (SSSR count). The summed E-state index contributed by atoms with van der Waals surface area (Å²) in [6, 6.07) is 1.87. The molecule has 0 aliphatic rings. The number of aromatic nitrogens is 5. The van der Waals surface area contributed by atoms with Gasteiger partial charge in [-0.05, 0) is 13.0 Å². The highest BCUT2D eigenvalue weighted by atomic mass is 15.3. The van der Waals surface area contributed by atoms with Crippen LogP contribution < -0.4 is 0 Å². The Hall–Kier alpha value is -1.65. The molecule has 0 fully saturated rings. The Labute approximate surface area is 69.4 Å². The second kappa shape index (κ2) is 2.77. The van der Waals surface area contributed by atoms with Gasteiger partial charge in [-0.2, -0.15) is 5.10 Å². The summed E-state index contributed by atoms with van der Waals surface area (Å²) in [6.07, 6.45) is 3.40. The van der Waals surface area contributed by atoms with E-state index in [-0.39, 0.29) is 0 Å². The summed E-state index contributed by atoms with van der Waals surface area (Å²) in [6.45, 7) is 2.91. The summed E-state index contributed by atoms with van der Waals surface area (Å²) in [5.41, 5.74) is 0.898. The highest BCUT2D eigenvalue weighted by Gasteiger charge is 2.05. The number of nitrogens with one attached hydrogen (secondary N) is 1. The molecule has 0 atom stereocenters. The molecule has 0 bridgehead atoms. The number of H-pyrrole nitrogens is 1. The van der Waals surface area contributed by atoms with Crippen LogP contribution in [0.5, 0.6) is 0 Å². The van der Waals surface area contributed by atoms with E-state index in [9.17, 15) is 0 Å². The molecule has 5 nitrogen and oxygen atoms in total. The highest BCUT2D eigenvalue weighted by molar-refractivity contribution is 5.47. The molecule has 2 aromatic rings. The quantitative estimate of drug-likeness (QED) is 0.708. The summed E-state index contributed by atoms with van der Waals surface area (Å²) >= 11 is 0. The molecular weight excluding hydrogens is 154 g/mol. The third-order valence-corrected chi connectivity index (χ3v) is 1.70. The zero-order valence-corrected chi connectivity index (χ0v) is 6.73. The summed E-state index contributed by atoms with van der Waals surface area (Å²) in [4.78, 5) is 0. The van der Waals surface area contributed by atoms with Crippen molar-refractivity contribution in [2.45, 2.75) is 13.5 Å². The van der Waals surface area contributed by atoms with Crippen molar-refractivity contribution in [1.82, 2.24) is 25.0 Å². The SMILES string of the molecule is CCn1cnnc1-c1ccn[nH]1. The molecule has 0 spiro atoms. The first-order valence-corrected chi connectivity index (χ1v) is 3.79. The fourth-order valence-electron chi connectivity index (χ4n) is 1.08. The molecule has 0 unspecified atom stereocenters. The van der Waals surface area contributed by atoms with Crippen LogP contribution in [0.2, 0.25) is 0 Å². The van der Waals surface area contributed by atoms with Gasteiger partial charge in [-0.25, -0.2) is 0 Å². The zero-order chi connectivity index (χ0) is 8.39. The van der Waals surface area contributed by atoms with E-state index in [0.717, 1.165) is 18.1 Å². The van der Waals surface area contributed by atoms with Crippen LogP contribution in [0.1, 0.15) is 6.92 Å². The number of nitrogens with zero attached hydrogens (tertiary/aromatic N) is 4. The van der Waals surface area contributed by atoms with E-state index in [0.29, 0.717) is 0 Å². The Kier molecular flexibility index (Phi) is 1.62. The molecule has 62 valence electrons. The molecule has 0 amide bonds. The minimum absolute atomic E-state index is 0.829. The summed E-state index contributed by atoms with van der Waals surface area (Å²) in [5.74, 6) is 0.829. The van der Waals surface area contributed by atoms with Crippen LogP contribution >= 0.6 is 0 Å². The molecule has 2 heterocycles. The van der Waals surface area contributed by atoms with Crippen molar-refractivity contribution < 1.29 is 0 Å². The Balaban J connectivity index is 2.46. The Bertz CT molecular complexity index is 348. The second-order valence-electron chi connectivity index (χ2n) is 2.41. The van der Waals surface area contributed by atoms with Crippen LogP contribution in [-0.4, -0.2) is 25.0 Å². The van der Waals surface area contributed by atoms with E-state index in [2.05, 4.69) is 20.4 Å². The van der Waals surface area contributed by atoms with Gasteiger partial charge >= 0.3 is 0 Å². The van der Waals surface area contributed by atoms with Crippen molar-refractivity contribution in [3.05, 3.63) is 18.6 Å². The largest absolute Gasteiger partial charge is 0.313 e. The average Bonchev–Trinajstić information content (AvgIpc) is 2.74. The van der Waals surface area contributed by atoms with Crippen molar-refractivity contribution in [2.75, 3.05) is 0 Å². The van der Waals surface area contributed by atoms with Gasteiger partial charge in [-0.15, -0.1) is 10.2 Å². The summed E-state index contributed by atoms with van der Waals surface area (Å²) in [7, 11) is 0. The summed E-state index contributed by atoms with van der Waals surface area (Å²) < 4.78 is 1.95.